The average molecular weight is 235 g/mol. The molecule has 0 heterocycles. The summed E-state index contributed by atoms with van der Waals surface area (Å²) >= 11 is 0. The van der Waals surface area contributed by atoms with E-state index in [0.717, 1.165) is 30.6 Å². The number of nitrogens with one attached hydrogen (secondary N) is 1. The van der Waals surface area contributed by atoms with E-state index in [2.05, 4.69) is 12.2 Å². The van der Waals surface area contributed by atoms with Gasteiger partial charge in [0, 0.05) is 0 Å². The van der Waals surface area contributed by atoms with Gasteiger partial charge in [0.15, 0.2) is 0 Å². The molecule has 2 rings (SSSR count). The monoisotopic (exact) mass is 235 g/mol. The van der Waals surface area contributed by atoms with Crippen molar-refractivity contribution in [1.82, 2.24) is 5.32 Å². The summed E-state index contributed by atoms with van der Waals surface area (Å²) < 4.78 is 13.9. The molecule has 17 heavy (non-hydrogen) atoms. The van der Waals surface area contributed by atoms with E-state index in [1.54, 1.807) is 6.07 Å². The molecule has 1 saturated carbocycles. The number of rotatable bonds is 4. The minimum Gasteiger partial charge on any atom is -0.317 e. The zero-order valence-electron chi connectivity index (χ0n) is 10.8. The summed E-state index contributed by atoms with van der Waals surface area (Å²) in [5.74, 6) is 0.990. The predicted octanol–water partition coefficient (Wildman–Crippen LogP) is 3.63. The largest absolute Gasteiger partial charge is 0.317 e. The van der Waals surface area contributed by atoms with Gasteiger partial charge in [-0.05, 0) is 56.3 Å². The number of aryl methyl sites for hydroxylation is 1. The summed E-state index contributed by atoms with van der Waals surface area (Å²) in [4.78, 5) is 0. The van der Waals surface area contributed by atoms with E-state index < -0.39 is 0 Å². The summed E-state index contributed by atoms with van der Waals surface area (Å²) in [7, 11) is 0. The maximum absolute atomic E-state index is 13.9. The van der Waals surface area contributed by atoms with E-state index in [4.69, 9.17) is 0 Å². The lowest BCUT2D eigenvalue weighted by Crippen LogP contribution is -2.24. The van der Waals surface area contributed by atoms with Gasteiger partial charge in [-0.15, -0.1) is 0 Å². The quantitative estimate of drug-likeness (QED) is 0.840. The van der Waals surface area contributed by atoms with Gasteiger partial charge in [0.25, 0.3) is 0 Å². The lowest BCUT2D eigenvalue weighted by Gasteiger charge is -2.21. The summed E-state index contributed by atoms with van der Waals surface area (Å²) in [5.41, 5.74) is 2.10. The minimum absolute atomic E-state index is 0.0241. The molecule has 2 unspecified atom stereocenters. The third-order valence-electron chi connectivity index (χ3n) is 3.87. The van der Waals surface area contributed by atoms with Gasteiger partial charge in [-0.3, -0.25) is 0 Å². The van der Waals surface area contributed by atoms with Gasteiger partial charge in [-0.2, -0.15) is 0 Å². The van der Waals surface area contributed by atoms with Crippen molar-refractivity contribution in [2.45, 2.75) is 39.0 Å². The molecular formula is C15H22FN. The maximum atomic E-state index is 13.9. The van der Waals surface area contributed by atoms with Gasteiger partial charge in [-0.1, -0.05) is 31.0 Å². The Morgan fingerprint density at radius 2 is 2.18 bits per heavy atom. The van der Waals surface area contributed by atoms with Crippen LogP contribution in [0.15, 0.2) is 18.2 Å². The first-order chi connectivity index (χ1) is 8.22. The average Bonchev–Trinajstić information content (AvgIpc) is 2.77. The van der Waals surface area contributed by atoms with Crippen LogP contribution in [0, 0.1) is 18.7 Å². The Labute approximate surface area is 103 Å². The number of hydrogen-bond acceptors (Lipinski definition) is 1. The highest BCUT2D eigenvalue weighted by Gasteiger charge is 2.29. The van der Waals surface area contributed by atoms with Crippen LogP contribution in [0.4, 0.5) is 4.39 Å². The molecule has 0 radical (unpaired) electrons. The fraction of sp³-hybridized carbons (Fsp3) is 0.600. The topological polar surface area (TPSA) is 12.0 Å². The van der Waals surface area contributed by atoms with Crippen LogP contribution in [0.1, 0.15) is 43.2 Å². The van der Waals surface area contributed by atoms with E-state index in [-0.39, 0.29) is 5.82 Å². The van der Waals surface area contributed by atoms with Gasteiger partial charge in [0.2, 0.25) is 0 Å². The SMILES string of the molecule is CCNCC1CCCC1c1cc(C)ccc1F. The molecule has 0 bridgehead atoms. The van der Waals surface area contributed by atoms with Crippen LogP contribution >= 0.6 is 0 Å². The zero-order valence-corrected chi connectivity index (χ0v) is 10.8. The molecule has 1 aliphatic carbocycles. The molecule has 1 aromatic rings. The highest BCUT2D eigenvalue weighted by Crippen LogP contribution is 2.40. The Hall–Kier alpha value is -0.890. The Morgan fingerprint density at radius 1 is 1.35 bits per heavy atom. The van der Waals surface area contributed by atoms with Crippen molar-refractivity contribution < 1.29 is 4.39 Å². The van der Waals surface area contributed by atoms with E-state index in [9.17, 15) is 4.39 Å². The molecule has 0 aromatic heterocycles. The molecule has 1 fully saturated rings. The molecule has 2 heteroatoms. The van der Waals surface area contributed by atoms with E-state index in [0.29, 0.717) is 11.8 Å². The van der Waals surface area contributed by atoms with Crippen molar-refractivity contribution in [3.05, 3.63) is 35.1 Å². The molecule has 1 aromatic carbocycles. The molecule has 0 spiro atoms. The molecule has 2 atom stereocenters. The van der Waals surface area contributed by atoms with Crippen molar-refractivity contribution in [3.8, 4) is 0 Å². The smallest absolute Gasteiger partial charge is 0.126 e. The molecule has 0 aliphatic heterocycles. The molecule has 0 saturated heterocycles. The summed E-state index contributed by atoms with van der Waals surface area (Å²) in [6.07, 6.45) is 3.59. The number of hydrogen-bond donors (Lipinski definition) is 1. The fourth-order valence-electron chi connectivity index (χ4n) is 2.97. The third kappa shape index (κ3) is 2.86. The fourth-order valence-corrected chi connectivity index (χ4v) is 2.97. The van der Waals surface area contributed by atoms with E-state index in [1.165, 1.54) is 12.8 Å². The second kappa shape index (κ2) is 5.63. The molecule has 1 nitrogen and oxygen atoms in total. The summed E-state index contributed by atoms with van der Waals surface area (Å²) in [5, 5.41) is 3.40. The Bertz CT molecular complexity index is 375. The Balaban J connectivity index is 2.16. The first kappa shape index (κ1) is 12.6. The van der Waals surface area contributed by atoms with Crippen molar-refractivity contribution in [1.29, 1.82) is 0 Å². The second-order valence-corrected chi connectivity index (χ2v) is 5.13. The third-order valence-corrected chi connectivity index (χ3v) is 3.87. The molecular weight excluding hydrogens is 213 g/mol. The molecule has 1 N–H and O–H groups in total. The van der Waals surface area contributed by atoms with Gasteiger partial charge >= 0.3 is 0 Å². The summed E-state index contributed by atoms with van der Waals surface area (Å²) in [6.45, 7) is 6.18. The first-order valence-electron chi connectivity index (χ1n) is 6.69. The van der Waals surface area contributed by atoms with Crippen molar-refractivity contribution in [2.24, 2.45) is 5.92 Å². The van der Waals surface area contributed by atoms with Crippen LogP contribution in [-0.2, 0) is 0 Å². The van der Waals surface area contributed by atoms with Gasteiger partial charge < -0.3 is 5.32 Å². The van der Waals surface area contributed by atoms with Gasteiger partial charge in [0.05, 0.1) is 0 Å². The van der Waals surface area contributed by atoms with Gasteiger partial charge in [0.1, 0.15) is 5.82 Å². The summed E-state index contributed by atoms with van der Waals surface area (Å²) in [6, 6.07) is 5.50. The maximum Gasteiger partial charge on any atom is 0.126 e. The zero-order chi connectivity index (χ0) is 12.3. The highest BCUT2D eigenvalue weighted by atomic mass is 19.1. The van der Waals surface area contributed by atoms with E-state index >= 15 is 0 Å². The lowest BCUT2D eigenvalue weighted by atomic mass is 9.87. The number of halogens is 1. The van der Waals surface area contributed by atoms with Crippen LogP contribution in [-0.4, -0.2) is 13.1 Å². The van der Waals surface area contributed by atoms with Crippen molar-refractivity contribution in [3.63, 3.8) is 0 Å². The van der Waals surface area contributed by atoms with Crippen LogP contribution in [0.25, 0.3) is 0 Å². The van der Waals surface area contributed by atoms with Crippen molar-refractivity contribution in [2.75, 3.05) is 13.1 Å². The predicted molar refractivity (Wildman–Crippen MR) is 69.8 cm³/mol. The van der Waals surface area contributed by atoms with Gasteiger partial charge in [-0.25, -0.2) is 4.39 Å². The standard InChI is InChI=1S/C15H22FN/c1-3-17-10-12-5-4-6-13(12)14-9-11(2)7-8-15(14)16/h7-9,12-13,17H,3-6,10H2,1-2H3. The highest BCUT2D eigenvalue weighted by molar-refractivity contribution is 5.28. The Kier molecular flexibility index (Phi) is 4.16. The van der Waals surface area contributed by atoms with Crippen LogP contribution < -0.4 is 5.32 Å². The first-order valence-corrected chi connectivity index (χ1v) is 6.69. The van der Waals surface area contributed by atoms with Crippen LogP contribution in [0.5, 0.6) is 0 Å². The molecule has 0 amide bonds. The lowest BCUT2D eigenvalue weighted by molar-refractivity contribution is 0.437. The molecule has 94 valence electrons. The molecule has 1 aliphatic rings. The van der Waals surface area contributed by atoms with Crippen molar-refractivity contribution >= 4 is 0 Å². The van der Waals surface area contributed by atoms with Crippen LogP contribution in [0.3, 0.4) is 0 Å². The number of benzene rings is 1. The Morgan fingerprint density at radius 3 is 2.94 bits per heavy atom. The minimum atomic E-state index is -0.0241. The van der Waals surface area contributed by atoms with E-state index in [1.807, 2.05) is 19.1 Å². The second-order valence-electron chi connectivity index (χ2n) is 5.13. The normalized spacial score (nSPS) is 24.2. The van der Waals surface area contributed by atoms with Crippen LogP contribution in [0.2, 0.25) is 0 Å².